The topological polar surface area (TPSA) is 83.7 Å². The largest absolute Gasteiger partial charge is 0.360 e. The van der Waals surface area contributed by atoms with E-state index in [9.17, 15) is 13.2 Å². The fourth-order valence-electron chi connectivity index (χ4n) is 3.11. The molecule has 0 N–H and O–H groups in total. The van der Waals surface area contributed by atoms with Crippen molar-refractivity contribution >= 4 is 31.9 Å². The molecule has 3 rings (SSSR count). The minimum atomic E-state index is -3.69. The van der Waals surface area contributed by atoms with E-state index in [0.717, 1.165) is 4.47 Å². The van der Waals surface area contributed by atoms with Gasteiger partial charge in [-0.25, -0.2) is 8.42 Å². The molecule has 0 spiro atoms. The number of aryl methyl sites for hydroxylation is 2. The number of carbonyl (C=O) groups is 1. The van der Waals surface area contributed by atoms with Crippen LogP contribution in [-0.2, 0) is 10.0 Å². The summed E-state index contributed by atoms with van der Waals surface area (Å²) in [6, 6.07) is 7.20. The molecule has 26 heavy (non-hydrogen) atoms. The summed E-state index contributed by atoms with van der Waals surface area (Å²) < 4.78 is 33.2. The number of halogens is 1. The Morgan fingerprint density at radius 1 is 1.19 bits per heavy atom. The quantitative estimate of drug-likeness (QED) is 0.730. The van der Waals surface area contributed by atoms with E-state index in [1.54, 1.807) is 30.9 Å². The summed E-state index contributed by atoms with van der Waals surface area (Å²) >= 11 is 3.37. The molecule has 2 heterocycles. The van der Waals surface area contributed by atoms with Gasteiger partial charge in [-0.05, 0) is 38.5 Å². The number of hydrogen-bond donors (Lipinski definition) is 0. The fourth-order valence-corrected chi connectivity index (χ4v) is 5.27. The van der Waals surface area contributed by atoms with Crippen molar-refractivity contribution < 1.29 is 17.7 Å². The molecule has 140 valence electrons. The lowest BCUT2D eigenvalue weighted by Crippen LogP contribution is -2.37. The Labute approximate surface area is 161 Å². The number of aromatic nitrogens is 1. The fraction of sp³-hybridized carbons (Fsp3) is 0.412. The molecular weight excluding hydrogens is 422 g/mol. The Morgan fingerprint density at radius 3 is 2.62 bits per heavy atom. The molecule has 1 amide bonds. The van der Waals surface area contributed by atoms with Crippen LogP contribution in [0.4, 0.5) is 0 Å². The van der Waals surface area contributed by atoms with Crippen LogP contribution in [0.15, 0.2) is 38.2 Å². The molecule has 7 nitrogen and oxygen atoms in total. The standard InChI is InChI=1S/C17H20BrN3O4S/c1-12-16(13(2)25-19-12)26(23,24)21-8-4-7-20(9-10-21)17(22)14-5-3-6-15(18)11-14/h3,5-6,11H,4,7-10H2,1-2H3. The van der Waals surface area contributed by atoms with E-state index in [1.807, 2.05) is 12.1 Å². The number of benzene rings is 1. The van der Waals surface area contributed by atoms with Gasteiger partial charge in [0.25, 0.3) is 5.91 Å². The predicted octanol–water partition coefficient (Wildman–Crippen LogP) is 2.59. The van der Waals surface area contributed by atoms with E-state index in [0.29, 0.717) is 37.3 Å². The molecule has 0 unspecified atom stereocenters. The van der Waals surface area contributed by atoms with Gasteiger partial charge < -0.3 is 9.42 Å². The molecule has 0 radical (unpaired) electrons. The minimum Gasteiger partial charge on any atom is -0.360 e. The smallest absolute Gasteiger partial charge is 0.253 e. The molecule has 1 saturated heterocycles. The lowest BCUT2D eigenvalue weighted by atomic mass is 10.2. The maximum Gasteiger partial charge on any atom is 0.253 e. The van der Waals surface area contributed by atoms with E-state index in [2.05, 4.69) is 21.1 Å². The van der Waals surface area contributed by atoms with Crippen molar-refractivity contribution in [3.8, 4) is 0 Å². The Balaban J connectivity index is 1.77. The molecule has 0 aliphatic carbocycles. The van der Waals surface area contributed by atoms with Gasteiger partial charge in [0.05, 0.1) is 0 Å². The van der Waals surface area contributed by atoms with Crippen LogP contribution >= 0.6 is 15.9 Å². The number of sulfonamides is 1. The van der Waals surface area contributed by atoms with Crippen molar-refractivity contribution in [2.24, 2.45) is 0 Å². The highest BCUT2D eigenvalue weighted by atomic mass is 79.9. The van der Waals surface area contributed by atoms with Crippen LogP contribution in [0.5, 0.6) is 0 Å². The molecule has 1 aromatic heterocycles. The number of amides is 1. The molecule has 1 aliphatic heterocycles. The lowest BCUT2D eigenvalue weighted by molar-refractivity contribution is 0.0764. The first-order valence-corrected chi connectivity index (χ1v) is 10.5. The summed E-state index contributed by atoms with van der Waals surface area (Å²) in [6.45, 7) is 4.66. The first-order valence-electron chi connectivity index (χ1n) is 8.28. The van der Waals surface area contributed by atoms with Gasteiger partial charge in [0, 0.05) is 36.2 Å². The monoisotopic (exact) mass is 441 g/mol. The van der Waals surface area contributed by atoms with Gasteiger partial charge in [-0.15, -0.1) is 0 Å². The summed E-state index contributed by atoms with van der Waals surface area (Å²) in [4.78, 5) is 14.5. The molecule has 1 fully saturated rings. The highest BCUT2D eigenvalue weighted by molar-refractivity contribution is 9.10. The zero-order valence-corrected chi connectivity index (χ0v) is 17.0. The second-order valence-corrected chi connectivity index (χ2v) is 9.00. The zero-order valence-electron chi connectivity index (χ0n) is 14.6. The normalized spacial score (nSPS) is 16.5. The van der Waals surface area contributed by atoms with Gasteiger partial charge in [-0.1, -0.05) is 27.2 Å². The van der Waals surface area contributed by atoms with E-state index in [1.165, 1.54) is 4.31 Å². The summed E-state index contributed by atoms with van der Waals surface area (Å²) in [5.74, 6) is 0.191. The van der Waals surface area contributed by atoms with Gasteiger partial charge in [0.15, 0.2) is 5.76 Å². The Bertz CT molecular complexity index is 906. The molecular formula is C17H20BrN3O4S. The van der Waals surface area contributed by atoms with Gasteiger partial charge in [-0.2, -0.15) is 4.31 Å². The Morgan fingerprint density at radius 2 is 1.96 bits per heavy atom. The van der Waals surface area contributed by atoms with E-state index >= 15 is 0 Å². The summed E-state index contributed by atoms with van der Waals surface area (Å²) in [5, 5.41) is 3.74. The molecule has 0 atom stereocenters. The van der Waals surface area contributed by atoms with E-state index < -0.39 is 10.0 Å². The van der Waals surface area contributed by atoms with Gasteiger partial charge >= 0.3 is 0 Å². The third kappa shape index (κ3) is 3.70. The molecule has 0 saturated carbocycles. The van der Waals surface area contributed by atoms with E-state index in [4.69, 9.17) is 4.52 Å². The Kier molecular flexibility index (Phi) is 5.50. The summed E-state index contributed by atoms with van der Waals surface area (Å²) in [5.41, 5.74) is 0.940. The first kappa shape index (κ1) is 19.1. The zero-order chi connectivity index (χ0) is 18.9. The van der Waals surface area contributed by atoms with Crippen molar-refractivity contribution in [1.29, 1.82) is 0 Å². The molecule has 2 aromatic rings. The maximum absolute atomic E-state index is 13.0. The predicted molar refractivity (Wildman–Crippen MR) is 99.4 cm³/mol. The summed E-state index contributed by atoms with van der Waals surface area (Å²) in [6.07, 6.45) is 0.572. The molecule has 1 aromatic carbocycles. The van der Waals surface area contributed by atoms with Crippen LogP contribution in [0.25, 0.3) is 0 Å². The average Bonchev–Trinajstić information content (AvgIpc) is 2.81. The number of nitrogens with zero attached hydrogens (tertiary/aromatic N) is 3. The number of rotatable bonds is 3. The Hall–Kier alpha value is -1.71. The van der Waals surface area contributed by atoms with Gasteiger partial charge in [-0.3, -0.25) is 4.79 Å². The second-order valence-electron chi connectivity index (χ2n) is 6.21. The SMILES string of the molecule is Cc1noc(C)c1S(=O)(=O)N1CCCN(C(=O)c2cccc(Br)c2)CC1. The highest BCUT2D eigenvalue weighted by Gasteiger charge is 2.33. The first-order chi connectivity index (χ1) is 12.3. The number of carbonyl (C=O) groups excluding carboxylic acids is 1. The summed E-state index contributed by atoms with van der Waals surface area (Å²) in [7, 11) is -3.69. The molecule has 9 heteroatoms. The van der Waals surface area contributed by atoms with E-state index in [-0.39, 0.29) is 23.1 Å². The highest BCUT2D eigenvalue weighted by Crippen LogP contribution is 2.24. The lowest BCUT2D eigenvalue weighted by Gasteiger charge is -2.22. The van der Waals surface area contributed by atoms with Crippen LogP contribution in [0.3, 0.4) is 0 Å². The van der Waals surface area contributed by atoms with Crippen LogP contribution in [0.2, 0.25) is 0 Å². The average molecular weight is 442 g/mol. The van der Waals surface area contributed by atoms with Gasteiger partial charge in [0.2, 0.25) is 10.0 Å². The van der Waals surface area contributed by atoms with Crippen molar-refractivity contribution in [2.45, 2.75) is 25.2 Å². The van der Waals surface area contributed by atoms with Crippen molar-refractivity contribution in [1.82, 2.24) is 14.4 Å². The third-order valence-corrected chi connectivity index (χ3v) is 7.02. The van der Waals surface area contributed by atoms with Crippen LogP contribution in [0.1, 0.15) is 28.2 Å². The van der Waals surface area contributed by atoms with Crippen molar-refractivity contribution in [3.63, 3.8) is 0 Å². The van der Waals surface area contributed by atoms with Crippen LogP contribution in [-0.4, -0.2) is 54.9 Å². The molecule has 1 aliphatic rings. The number of hydrogen-bond acceptors (Lipinski definition) is 5. The minimum absolute atomic E-state index is 0.0945. The van der Waals surface area contributed by atoms with Crippen molar-refractivity contribution in [3.05, 3.63) is 45.8 Å². The second kappa shape index (κ2) is 7.50. The molecule has 0 bridgehead atoms. The van der Waals surface area contributed by atoms with Crippen molar-refractivity contribution in [2.75, 3.05) is 26.2 Å². The third-order valence-electron chi connectivity index (χ3n) is 4.38. The van der Waals surface area contributed by atoms with Crippen LogP contribution < -0.4 is 0 Å². The van der Waals surface area contributed by atoms with Gasteiger partial charge in [0.1, 0.15) is 10.6 Å². The maximum atomic E-state index is 13.0. The van der Waals surface area contributed by atoms with Crippen LogP contribution in [0, 0.1) is 13.8 Å².